The number of ketones is 1. The van der Waals surface area contributed by atoms with Gasteiger partial charge in [-0.3, -0.25) is 9.59 Å². The molecule has 0 bridgehead atoms. The predicted molar refractivity (Wildman–Crippen MR) is 84.5 cm³/mol. The number of aromatic amines is 1. The molecular weight excluding hydrogens is 337 g/mol. The molecule has 1 fully saturated rings. The Hall–Kier alpha value is -2.51. The highest BCUT2D eigenvalue weighted by Crippen LogP contribution is 2.31. The van der Waals surface area contributed by atoms with Crippen LogP contribution in [-0.4, -0.2) is 47.9 Å². The van der Waals surface area contributed by atoms with Gasteiger partial charge < -0.3 is 14.6 Å². The number of benzene rings is 1. The van der Waals surface area contributed by atoms with Crippen molar-refractivity contribution in [2.45, 2.75) is 19.0 Å². The number of H-pyrrole nitrogens is 1. The van der Waals surface area contributed by atoms with Crippen LogP contribution in [0.15, 0.2) is 24.4 Å². The number of halogens is 3. The van der Waals surface area contributed by atoms with Crippen LogP contribution >= 0.6 is 0 Å². The van der Waals surface area contributed by atoms with Crippen molar-refractivity contribution in [3.05, 3.63) is 30.0 Å². The van der Waals surface area contributed by atoms with Gasteiger partial charge in [0.1, 0.15) is 5.75 Å². The molecule has 8 heteroatoms. The maximum absolute atomic E-state index is 12.8. The summed E-state index contributed by atoms with van der Waals surface area (Å²) < 4.78 is 42.8. The molecule has 1 amide bonds. The molecule has 1 N–H and O–H groups in total. The molecule has 1 saturated heterocycles. The first kappa shape index (κ1) is 17.3. The fourth-order valence-electron chi connectivity index (χ4n) is 3.19. The normalized spacial score (nSPS) is 16.2. The third-order valence-corrected chi connectivity index (χ3v) is 4.53. The van der Waals surface area contributed by atoms with Crippen LogP contribution in [0.4, 0.5) is 13.2 Å². The number of alkyl halides is 3. The van der Waals surface area contributed by atoms with E-state index in [-0.39, 0.29) is 31.7 Å². The molecule has 2 aromatic rings. The monoisotopic (exact) mass is 354 g/mol. The number of Topliss-reactive ketones (excluding diaryl/α,β-unsaturated/α-hetero) is 1. The number of methoxy groups -OCH3 is 1. The molecule has 0 spiro atoms. The molecule has 1 aliphatic rings. The zero-order chi connectivity index (χ0) is 18.2. The summed E-state index contributed by atoms with van der Waals surface area (Å²) in [6, 6.07) is 5.28. The van der Waals surface area contributed by atoms with E-state index in [1.807, 2.05) is 6.07 Å². The standard InChI is InChI=1S/C17H17F3N2O3/c1-25-14-9-13-11(2-5-21-13)8-12(14)15(23)10-3-6-22(7-4-10)16(24)17(18,19)20/h2,5,8-10,21H,3-4,6-7H2,1H3. The summed E-state index contributed by atoms with van der Waals surface area (Å²) in [6.07, 6.45) is -2.72. The number of nitrogens with zero attached hydrogens (tertiary/aromatic N) is 1. The first-order valence-corrected chi connectivity index (χ1v) is 7.86. The SMILES string of the molecule is COc1cc2[nH]ccc2cc1C(=O)C1CCN(C(=O)C(F)(F)F)CC1. The summed E-state index contributed by atoms with van der Waals surface area (Å²) >= 11 is 0. The summed E-state index contributed by atoms with van der Waals surface area (Å²) in [5.74, 6) is -2.01. The Bertz CT molecular complexity index is 805. The minimum atomic E-state index is -4.88. The number of rotatable bonds is 3. The van der Waals surface area contributed by atoms with Crippen molar-refractivity contribution in [2.24, 2.45) is 5.92 Å². The highest BCUT2D eigenvalue weighted by molar-refractivity contribution is 6.03. The molecule has 25 heavy (non-hydrogen) atoms. The number of ether oxygens (including phenoxy) is 1. The van der Waals surface area contributed by atoms with Crippen LogP contribution in [0.1, 0.15) is 23.2 Å². The summed E-state index contributed by atoms with van der Waals surface area (Å²) in [4.78, 5) is 27.9. The molecule has 1 aliphatic heterocycles. The Morgan fingerprint density at radius 3 is 2.52 bits per heavy atom. The Balaban J connectivity index is 1.76. The Kier molecular flexibility index (Phi) is 4.45. The molecule has 134 valence electrons. The average Bonchev–Trinajstić information content (AvgIpc) is 3.06. The van der Waals surface area contributed by atoms with Crippen LogP contribution < -0.4 is 4.74 Å². The number of amides is 1. The number of piperidine rings is 1. The van der Waals surface area contributed by atoms with E-state index in [4.69, 9.17) is 4.74 Å². The van der Waals surface area contributed by atoms with Crippen LogP contribution in [0, 0.1) is 5.92 Å². The van der Waals surface area contributed by atoms with E-state index in [1.165, 1.54) is 7.11 Å². The van der Waals surface area contributed by atoms with Gasteiger partial charge >= 0.3 is 12.1 Å². The fourth-order valence-corrected chi connectivity index (χ4v) is 3.19. The van der Waals surface area contributed by atoms with Gasteiger partial charge in [0.15, 0.2) is 5.78 Å². The van der Waals surface area contributed by atoms with Gasteiger partial charge in [0, 0.05) is 42.2 Å². The zero-order valence-electron chi connectivity index (χ0n) is 13.5. The number of aromatic nitrogens is 1. The molecule has 1 aromatic heterocycles. The van der Waals surface area contributed by atoms with Gasteiger partial charge in [0.25, 0.3) is 0 Å². The van der Waals surface area contributed by atoms with E-state index in [2.05, 4.69) is 4.98 Å². The first-order valence-electron chi connectivity index (χ1n) is 7.86. The quantitative estimate of drug-likeness (QED) is 0.862. The molecule has 0 unspecified atom stereocenters. The fraction of sp³-hybridized carbons (Fsp3) is 0.412. The first-order chi connectivity index (χ1) is 11.8. The van der Waals surface area contributed by atoms with Crippen molar-refractivity contribution in [1.29, 1.82) is 0 Å². The summed E-state index contributed by atoms with van der Waals surface area (Å²) in [5.41, 5.74) is 1.24. The van der Waals surface area contributed by atoms with Gasteiger partial charge in [-0.15, -0.1) is 0 Å². The van der Waals surface area contributed by atoms with E-state index in [9.17, 15) is 22.8 Å². The van der Waals surface area contributed by atoms with E-state index >= 15 is 0 Å². The van der Waals surface area contributed by atoms with E-state index in [0.717, 1.165) is 15.8 Å². The second kappa shape index (κ2) is 6.42. The number of hydrogen-bond acceptors (Lipinski definition) is 3. The van der Waals surface area contributed by atoms with Gasteiger partial charge in [-0.2, -0.15) is 13.2 Å². The number of carbonyl (C=O) groups excluding carboxylic acids is 2. The van der Waals surface area contributed by atoms with Gasteiger partial charge in [-0.05, 0) is 25.0 Å². The second-order valence-corrected chi connectivity index (χ2v) is 6.05. The number of likely N-dealkylation sites (tertiary alicyclic amines) is 1. The largest absolute Gasteiger partial charge is 0.496 e. The third-order valence-electron chi connectivity index (χ3n) is 4.53. The Labute approximate surface area is 141 Å². The molecule has 3 rings (SSSR count). The number of fused-ring (bicyclic) bond motifs is 1. The van der Waals surface area contributed by atoms with Crippen molar-refractivity contribution < 1.29 is 27.5 Å². The number of carbonyl (C=O) groups is 2. The second-order valence-electron chi connectivity index (χ2n) is 6.05. The minimum Gasteiger partial charge on any atom is -0.496 e. The van der Waals surface area contributed by atoms with Crippen LogP contribution in [0.3, 0.4) is 0 Å². The van der Waals surface area contributed by atoms with Gasteiger partial charge in [0.05, 0.1) is 12.7 Å². The number of hydrogen-bond donors (Lipinski definition) is 1. The Morgan fingerprint density at radius 2 is 1.92 bits per heavy atom. The molecule has 0 atom stereocenters. The lowest BCUT2D eigenvalue weighted by Gasteiger charge is -2.31. The summed E-state index contributed by atoms with van der Waals surface area (Å²) in [7, 11) is 1.46. The highest BCUT2D eigenvalue weighted by Gasteiger charge is 2.43. The lowest BCUT2D eigenvalue weighted by Crippen LogP contribution is -2.46. The van der Waals surface area contributed by atoms with E-state index in [0.29, 0.717) is 11.3 Å². The smallest absolute Gasteiger partial charge is 0.471 e. The molecule has 1 aromatic carbocycles. The van der Waals surface area contributed by atoms with Gasteiger partial charge in [-0.25, -0.2) is 0 Å². The van der Waals surface area contributed by atoms with Crippen LogP contribution in [0.25, 0.3) is 10.9 Å². The topological polar surface area (TPSA) is 62.4 Å². The van der Waals surface area contributed by atoms with Crippen molar-refractivity contribution in [1.82, 2.24) is 9.88 Å². The predicted octanol–water partition coefficient (Wildman–Crippen LogP) is 3.16. The summed E-state index contributed by atoms with van der Waals surface area (Å²) in [5, 5.41) is 0.855. The van der Waals surface area contributed by atoms with Crippen molar-refractivity contribution >= 4 is 22.6 Å². The van der Waals surface area contributed by atoms with Gasteiger partial charge in [-0.1, -0.05) is 0 Å². The van der Waals surface area contributed by atoms with Gasteiger partial charge in [0.2, 0.25) is 0 Å². The molecule has 0 radical (unpaired) electrons. The lowest BCUT2D eigenvalue weighted by molar-refractivity contribution is -0.186. The molecule has 0 saturated carbocycles. The van der Waals surface area contributed by atoms with Crippen LogP contribution in [-0.2, 0) is 4.79 Å². The molecule has 2 heterocycles. The van der Waals surface area contributed by atoms with Crippen molar-refractivity contribution in [3.63, 3.8) is 0 Å². The summed E-state index contributed by atoms with van der Waals surface area (Å²) in [6.45, 7) is -0.160. The van der Waals surface area contributed by atoms with E-state index in [1.54, 1.807) is 18.3 Å². The van der Waals surface area contributed by atoms with Crippen molar-refractivity contribution in [3.8, 4) is 5.75 Å². The van der Waals surface area contributed by atoms with Crippen LogP contribution in [0.5, 0.6) is 5.75 Å². The maximum Gasteiger partial charge on any atom is 0.471 e. The Morgan fingerprint density at radius 1 is 1.24 bits per heavy atom. The molecular formula is C17H17F3N2O3. The molecule has 0 aliphatic carbocycles. The average molecular weight is 354 g/mol. The minimum absolute atomic E-state index is 0.0799. The van der Waals surface area contributed by atoms with Crippen LogP contribution in [0.2, 0.25) is 0 Å². The van der Waals surface area contributed by atoms with E-state index < -0.39 is 18.0 Å². The highest BCUT2D eigenvalue weighted by atomic mass is 19.4. The lowest BCUT2D eigenvalue weighted by atomic mass is 9.88. The number of nitrogens with one attached hydrogen (secondary N) is 1. The third kappa shape index (κ3) is 3.33. The zero-order valence-corrected chi connectivity index (χ0v) is 13.5. The van der Waals surface area contributed by atoms with Crippen molar-refractivity contribution in [2.75, 3.05) is 20.2 Å². The maximum atomic E-state index is 12.8. The molecule has 5 nitrogen and oxygen atoms in total.